The summed E-state index contributed by atoms with van der Waals surface area (Å²) in [7, 11) is -3.24. The molecule has 0 spiro atoms. The Morgan fingerprint density at radius 3 is 2.55 bits per heavy atom. The normalized spacial score (nSPS) is 18.6. The Hall–Kier alpha value is -0.130. The summed E-state index contributed by atoms with van der Waals surface area (Å²) in [6.07, 6.45) is 3.08. The second-order valence-corrected chi connectivity index (χ2v) is 4.68. The Morgan fingerprint density at radius 1 is 1.45 bits per heavy atom. The average molecular weight is 178 g/mol. The van der Waals surface area contributed by atoms with Gasteiger partial charge in [0.05, 0.1) is 5.75 Å². The summed E-state index contributed by atoms with van der Waals surface area (Å²) in [4.78, 5) is 0. The summed E-state index contributed by atoms with van der Waals surface area (Å²) < 4.78 is 20.9. The van der Waals surface area contributed by atoms with Gasteiger partial charge in [-0.05, 0) is 25.8 Å². The van der Waals surface area contributed by atoms with Crippen molar-refractivity contribution in [3.8, 4) is 0 Å². The van der Waals surface area contributed by atoms with Crippen LogP contribution >= 0.6 is 0 Å². The first-order chi connectivity index (χ1) is 5.08. The minimum absolute atomic E-state index is 0.0900. The van der Waals surface area contributed by atoms with Crippen molar-refractivity contribution in [1.29, 1.82) is 0 Å². The quantitative estimate of drug-likeness (QED) is 0.553. The van der Waals surface area contributed by atoms with Gasteiger partial charge in [0, 0.05) is 6.04 Å². The summed E-state index contributed by atoms with van der Waals surface area (Å²) in [5, 5.41) is 8.02. The smallest absolute Gasteiger partial charge is 0.209 e. The zero-order valence-corrected chi connectivity index (χ0v) is 7.23. The molecule has 0 bridgehead atoms. The first kappa shape index (κ1) is 8.96. The van der Waals surface area contributed by atoms with Crippen LogP contribution in [0.5, 0.6) is 0 Å². The lowest BCUT2D eigenvalue weighted by atomic mass is 10.5. The van der Waals surface area contributed by atoms with Crippen LogP contribution in [0.1, 0.15) is 19.3 Å². The predicted molar refractivity (Wildman–Crippen MR) is 43.6 cm³/mol. The second kappa shape index (κ2) is 3.51. The van der Waals surface area contributed by atoms with Gasteiger partial charge >= 0.3 is 0 Å². The largest absolute Gasteiger partial charge is 0.314 e. The number of sulfonamides is 1. The van der Waals surface area contributed by atoms with Crippen LogP contribution in [0.3, 0.4) is 0 Å². The van der Waals surface area contributed by atoms with Gasteiger partial charge in [-0.2, -0.15) is 0 Å². The van der Waals surface area contributed by atoms with Gasteiger partial charge in [0.1, 0.15) is 0 Å². The molecule has 0 saturated heterocycles. The lowest BCUT2D eigenvalue weighted by Crippen LogP contribution is -2.23. The van der Waals surface area contributed by atoms with Gasteiger partial charge in [0.25, 0.3) is 0 Å². The highest BCUT2D eigenvalue weighted by Crippen LogP contribution is 2.18. The molecule has 1 aliphatic rings. The fraction of sp³-hybridized carbons (Fsp3) is 1.00. The Bertz CT molecular complexity index is 209. The highest BCUT2D eigenvalue weighted by atomic mass is 32.2. The molecule has 1 saturated carbocycles. The molecule has 0 aromatic heterocycles. The zero-order chi connectivity index (χ0) is 8.32. The summed E-state index contributed by atoms with van der Waals surface area (Å²) >= 11 is 0. The van der Waals surface area contributed by atoms with Crippen LogP contribution in [0.4, 0.5) is 0 Å². The van der Waals surface area contributed by atoms with Crippen molar-refractivity contribution < 1.29 is 8.42 Å². The minimum atomic E-state index is -3.24. The SMILES string of the molecule is NS(=O)(=O)CCCNC1CC1. The fourth-order valence-electron chi connectivity index (χ4n) is 0.867. The van der Waals surface area contributed by atoms with Crippen molar-refractivity contribution in [2.45, 2.75) is 25.3 Å². The summed E-state index contributed by atoms with van der Waals surface area (Å²) in [5.74, 6) is 0.0900. The maximum atomic E-state index is 10.4. The molecule has 0 heterocycles. The molecule has 0 unspecified atom stereocenters. The third kappa shape index (κ3) is 5.17. The number of nitrogens with two attached hydrogens (primary N) is 1. The van der Waals surface area contributed by atoms with E-state index in [0.717, 1.165) is 6.54 Å². The molecular weight excluding hydrogens is 164 g/mol. The molecule has 5 heteroatoms. The predicted octanol–water partition coefficient (Wildman–Crippen LogP) is -0.583. The van der Waals surface area contributed by atoms with E-state index >= 15 is 0 Å². The van der Waals surface area contributed by atoms with Crippen molar-refractivity contribution in [1.82, 2.24) is 5.32 Å². The fourth-order valence-corrected chi connectivity index (χ4v) is 1.41. The number of primary sulfonamides is 1. The molecular formula is C6H14N2O2S. The molecule has 0 radical (unpaired) electrons. The number of nitrogens with one attached hydrogen (secondary N) is 1. The van der Waals surface area contributed by atoms with Gasteiger partial charge < -0.3 is 5.32 Å². The third-order valence-electron chi connectivity index (χ3n) is 1.62. The van der Waals surface area contributed by atoms with E-state index in [0.29, 0.717) is 12.5 Å². The third-order valence-corrected chi connectivity index (χ3v) is 2.47. The van der Waals surface area contributed by atoms with Crippen LogP contribution in [0.25, 0.3) is 0 Å². The van der Waals surface area contributed by atoms with E-state index in [4.69, 9.17) is 5.14 Å². The van der Waals surface area contributed by atoms with Gasteiger partial charge in [0.15, 0.2) is 0 Å². The number of rotatable bonds is 5. The van der Waals surface area contributed by atoms with Gasteiger partial charge in [-0.15, -0.1) is 0 Å². The molecule has 0 aliphatic heterocycles. The molecule has 3 N–H and O–H groups in total. The second-order valence-electron chi connectivity index (χ2n) is 2.95. The Kier molecular flexibility index (Phi) is 2.86. The first-order valence-corrected chi connectivity index (χ1v) is 5.53. The van der Waals surface area contributed by atoms with Crippen LogP contribution in [0.15, 0.2) is 0 Å². The lowest BCUT2D eigenvalue weighted by Gasteiger charge is -2.00. The number of hydrogen-bond acceptors (Lipinski definition) is 3. The van der Waals surface area contributed by atoms with E-state index in [1.54, 1.807) is 0 Å². The maximum absolute atomic E-state index is 10.4. The molecule has 0 amide bonds. The highest BCUT2D eigenvalue weighted by molar-refractivity contribution is 7.89. The molecule has 0 atom stereocenters. The van der Waals surface area contributed by atoms with E-state index < -0.39 is 10.0 Å². The van der Waals surface area contributed by atoms with E-state index in [2.05, 4.69) is 5.32 Å². The Labute approximate surface area is 67.2 Å². The van der Waals surface area contributed by atoms with Crippen molar-refractivity contribution in [3.63, 3.8) is 0 Å². The van der Waals surface area contributed by atoms with E-state index in [1.807, 2.05) is 0 Å². The molecule has 11 heavy (non-hydrogen) atoms. The topological polar surface area (TPSA) is 72.2 Å². The van der Waals surface area contributed by atoms with Crippen molar-refractivity contribution >= 4 is 10.0 Å². The first-order valence-electron chi connectivity index (χ1n) is 3.82. The molecule has 0 aromatic carbocycles. The van der Waals surface area contributed by atoms with Crippen molar-refractivity contribution in [2.24, 2.45) is 5.14 Å². The summed E-state index contributed by atoms with van der Waals surface area (Å²) in [6.45, 7) is 0.765. The minimum Gasteiger partial charge on any atom is -0.314 e. The molecule has 0 aromatic rings. The van der Waals surface area contributed by atoms with Gasteiger partial charge in [-0.1, -0.05) is 0 Å². The van der Waals surface area contributed by atoms with E-state index in [9.17, 15) is 8.42 Å². The zero-order valence-electron chi connectivity index (χ0n) is 6.41. The molecule has 1 aliphatic carbocycles. The number of hydrogen-bond donors (Lipinski definition) is 2. The highest BCUT2D eigenvalue weighted by Gasteiger charge is 2.19. The van der Waals surface area contributed by atoms with Crippen molar-refractivity contribution in [3.05, 3.63) is 0 Å². The van der Waals surface area contributed by atoms with Crippen LogP contribution in [-0.2, 0) is 10.0 Å². The average Bonchev–Trinajstić information content (AvgIpc) is 2.60. The van der Waals surface area contributed by atoms with Crippen LogP contribution in [0, 0.1) is 0 Å². The molecule has 1 fully saturated rings. The van der Waals surface area contributed by atoms with Gasteiger partial charge in [-0.3, -0.25) is 0 Å². The van der Waals surface area contributed by atoms with Crippen molar-refractivity contribution in [2.75, 3.05) is 12.3 Å². The maximum Gasteiger partial charge on any atom is 0.209 e. The Balaban J connectivity index is 1.95. The van der Waals surface area contributed by atoms with E-state index in [-0.39, 0.29) is 5.75 Å². The molecule has 66 valence electrons. The van der Waals surface area contributed by atoms with Crippen LogP contribution in [0.2, 0.25) is 0 Å². The summed E-state index contributed by atoms with van der Waals surface area (Å²) in [5.41, 5.74) is 0. The molecule has 4 nitrogen and oxygen atoms in total. The summed E-state index contributed by atoms with van der Waals surface area (Å²) in [6, 6.07) is 0.649. The van der Waals surface area contributed by atoms with Gasteiger partial charge in [0.2, 0.25) is 10.0 Å². The van der Waals surface area contributed by atoms with Crippen LogP contribution in [-0.4, -0.2) is 26.8 Å². The Morgan fingerprint density at radius 2 is 2.09 bits per heavy atom. The van der Waals surface area contributed by atoms with E-state index in [1.165, 1.54) is 12.8 Å². The monoisotopic (exact) mass is 178 g/mol. The standard InChI is InChI=1S/C6H14N2O2S/c7-11(9,10)5-1-4-8-6-2-3-6/h6,8H,1-5H2,(H2,7,9,10). The lowest BCUT2D eigenvalue weighted by molar-refractivity contribution is 0.590. The van der Waals surface area contributed by atoms with Crippen LogP contribution < -0.4 is 10.5 Å². The molecule has 1 rings (SSSR count). The van der Waals surface area contributed by atoms with Gasteiger partial charge in [-0.25, -0.2) is 13.6 Å².